The fraction of sp³-hybridized carbons (Fsp3) is 0.286. The number of hydrogen-bond acceptors (Lipinski definition) is 8. The Hall–Kier alpha value is -5.19. The summed E-state index contributed by atoms with van der Waals surface area (Å²) >= 11 is 6.44. The average Bonchev–Trinajstić information content (AvgIpc) is 3.03. The molecule has 0 bridgehead atoms. The fourth-order valence-corrected chi connectivity index (χ4v) is 5.20. The van der Waals surface area contributed by atoms with Crippen molar-refractivity contribution in [2.24, 2.45) is 0 Å². The molecule has 0 aliphatic carbocycles. The van der Waals surface area contributed by atoms with Gasteiger partial charge in [-0.05, 0) is 63.6 Å². The highest BCUT2D eigenvalue weighted by molar-refractivity contribution is 7.92. The van der Waals surface area contributed by atoms with Crippen LogP contribution in [-0.2, 0) is 14.8 Å². The Labute approximate surface area is 290 Å². The molecule has 0 unspecified atom stereocenters. The lowest BCUT2D eigenvalue weighted by molar-refractivity contribution is 0.0483. The molecule has 0 spiro atoms. The van der Waals surface area contributed by atoms with E-state index >= 15 is 0 Å². The normalized spacial score (nSPS) is 11.2. The average molecular weight is 705 g/mol. The zero-order chi connectivity index (χ0) is 35.8. The number of hydrazine groups is 1. The van der Waals surface area contributed by atoms with E-state index in [1.165, 1.54) is 18.3 Å². The van der Waals surface area contributed by atoms with Crippen LogP contribution in [-0.4, -0.2) is 54.7 Å². The molecule has 2 aromatic heterocycles. The van der Waals surface area contributed by atoms with Crippen LogP contribution in [0.3, 0.4) is 0 Å². The third-order valence-corrected chi connectivity index (χ3v) is 7.62. The number of nitrogens with zero attached hydrogens (tertiary/aromatic N) is 2. The summed E-state index contributed by atoms with van der Waals surface area (Å²) in [5.41, 5.74) is 6.88. The Kier molecular flexibility index (Phi) is 11.8. The molecule has 0 radical (unpaired) electrons. The third kappa shape index (κ3) is 10.9. The summed E-state index contributed by atoms with van der Waals surface area (Å²) in [4.78, 5) is 46.6. The van der Waals surface area contributed by atoms with Gasteiger partial charge in [0.1, 0.15) is 11.4 Å². The molecule has 4 aromatic rings. The molecule has 0 aliphatic heterocycles. The first kappa shape index (κ1) is 36.6. The van der Waals surface area contributed by atoms with Gasteiger partial charge in [0.2, 0.25) is 10.0 Å². The van der Waals surface area contributed by atoms with Crippen LogP contribution in [0.4, 0.5) is 10.6 Å². The van der Waals surface area contributed by atoms with Gasteiger partial charge in [-0.25, -0.2) is 28.6 Å². The molecular weight excluding hydrogens is 668 g/mol. The Morgan fingerprint density at radius 1 is 0.939 bits per heavy atom. The van der Waals surface area contributed by atoms with E-state index in [1.807, 2.05) is 0 Å². The quantitative estimate of drug-likeness (QED) is 0.0962. The lowest BCUT2D eigenvalue weighted by Crippen LogP contribution is -2.44. The number of nitrogens with one attached hydrogen (secondary N) is 4. The summed E-state index contributed by atoms with van der Waals surface area (Å²) in [6, 6.07) is 15.0. The Balaban J connectivity index is 1.59. The highest BCUT2D eigenvalue weighted by Crippen LogP contribution is 2.27. The fourth-order valence-electron chi connectivity index (χ4n) is 4.48. The van der Waals surface area contributed by atoms with Gasteiger partial charge in [0.25, 0.3) is 11.8 Å². The summed E-state index contributed by atoms with van der Waals surface area (Å²) in [5, 5.41) is 3.56. The van der Waals surface area contributed by atoms with E-state index in [-0.39, 0.29) is 22.8 Å². The van der Waals surface area contributed by atoms with Gasteiger partial charge in [-0.2, -0.15) is 0 Å². The van der Waals surface area contributed by atoms with Gasteiger partial charge in [-0.15, -0.1) is 0 Å². The van der Waals surface area contributed by atoms with Crippen LogP contribution < -0.4 is 20.9 Å². The second-order valence-corrected chi connectivity index (χ2v) is 14.2. The van der Waals surface area contributed by atoms with Crippen LogP contribution in [0.15, 0.2) is 60.8 Å². The summed E-state index contributed by atoms with van der Waals surface area (Å²) in [6.07, 6.45) is 4.49. The molecule has 49 heavy (non-hydrogen) atoms. The predicted octanol–water partition coefficient (Wildman–Crippen LogP) is 5.81. The number of sulfonamides is 1. The van der Waals surface area contributed by atoms with Crippen molar-refractivity contribution in [3.63, 3.8) is 0 Å². The predicted molar refractivity (Wildman–Crippen MR) is 190 cm³/mol. The first-order valence-electron chi connectivity index (χ1n) is 15.4. The van der Waals surface area contributed by atoms with Gasteiger partial charge >= 0.3 is 6.09 Å². The lowest BCUT2D eigenvalue weighted by atomic mass is 10.0. The van der Waals surface area contributed by atoms with Crippen molar-refractivity contribution in [1.29, 1.82) is 0 Å². The number of pyridine rings is 2. The van der Waals surface area contributed by atoms with E-state index in [4.69, 9.17) is 16.3 Å². The second kappa shape index (κ2) is 15.8. The van der Waals surface area contributed by atoms with Crippen molar-refractivity contribution < 1.29 is 27.5 Å². The number of amides is 3. The van der Waals surface area contributed by atoms with E-state index in [0.29, 0.717) is 44.9 Å². The topological polar surface area (TPSA) is 168 Å². The number of halogens is 1. The van der Waals surface area contributed by atoms with Crippen LogP contribution in [0.2, 0.25) is 5.02 Å². The Morgan fingerprint density at radius 2 is 1.67 bits per heavy atom. The molecule has 256 valence electrons. The van der Waals surface area contributed by atoms with E-state index in [2.05, 4.69) is 49.6 Å². The summed E-state index contributed by atoms with van der Waals surface area (Å²) in [5.74, 6) is 5.25. The molecule has 12 nitrogen and oxygen atoms in total. The number of carbonyl (C=O) groups excluding carboxylic acids is 3. The van der Waals surface area contributed by atoms with E-state index in [0.717, 1.165) is 25.5 Å². The molecule has 0 saturated heterocycles. The minimum Gasteiger partial charge on any atom is -0.443 e. The van der Waals surface area contributed by atoms with Crippen LogP contribution in [0.1, 0.15) is 78.8 Å². The molecule has 14 heteroatoms. The molecule has 0 fully saturated rings. The van der Waals surface area contributed by atoms with Crippen LogP contribution in [0.5, 0.6) is 0 Å². The van der Waals surface area contributed by atoms with E-state index < -0.39 is 27.6 Å². The smallest absolute Gasteiger partial charge is 0.426 e. The highest BCUT2D eigenvalue weighted by atomic mass is 35.5. The Morgan fingerprint density at radius 3 is 2.33 bits per heavy atom. The van der Waals surface area contributed by atoms with Crippen LogP contribution in [0.25, 0.3) is 22.2 Å². The summed E-state index contributed by atoms with van der Waals surface area (Å²) in [7, 11) is -3.63. The van der Waals surface area contributed by atoms with E-state index in [1.54, 1.807) is 63.2 Å². The van der Waals surface area contributed by atoms with Crippen molar-refractivity contribution in [3.05, 3.63) is 88.1 Å². The SMILES string of the molecule is CCCCCNC(=O)c1ccc(C#Cc2ccc(-c3cc(C(=O)NNC(=O)OC(C)(C)C)c4cnc(NS(C)(=O)=O)cc4n3)cc2)c(Cl)c1. The van der Waals surface area contributed by atoms with Gasteiger partial charge in [0.05, 0.1) is 28.1 Å². The first-order chi connectivity index (χ1) is 23.1. The molecule has 4 rings (SSSR count). The minimum atomic E-state index is -3.63. The maximum absolute atomic E-state index is 13.3. The number of rotatable bonds is 9. The second-order valence-electron chi connectivity index (χ2n) is 12.1. The molecule has 0 atom stereocenters. The molecule has 3 amide bonds. The molecule has 2 heterocycles. The third-order valence-electron chi connectivity index (χ3n) is 6.73. The van der Waals surface area contributed by atoms with Crippen LogP contribution >= 0.6 is 11.6 Å². The van der Waals surface area contributed by atoms with Crippen molar-refractivity contribution in [1.82, 2.24) is 26.1 Å². The van der Waals surface area contributed by atoms with Gasteiger partial charge in [-0.1, -0.05) is 55.3 Å². The monoisotopic (exact) mass is 704 g/mol. The lowest BCUT2D eigenvalue weighted by Gasteiger charge is -2.20. The maximum atomic E-state index is 13.3. The van der Waals surface area contributed by atoms with Gasteiger partial charge in [0, 0.05) is 46.4 Å². The Bertz CT molecular complexity index is 2050. The van der Waals surface area contributed by atoms with Crippen molar-refractivity contribution in [3.8, 4) is 23.1 Å². The molecular formula is C35H37ClN6O6S. The number of benzene rings is 2. The standard InChI is InChI=1S/C35H37ClN6O6S/c1-6-7-8-17-37-32(43)25-16-15-23(28(36)18-25)12-9-22-10-13-24(14-11-22)29-19-26(33(44)40-41-34(45)48-35(2,3)4)27-21-38-31(20-30(27)39-29)42-49(5,46)47/h10-11,13-16,18-21H,6-8,17H2,1-5H3,(H,37,43)(H,38,42)(H,40,44)(H,41,45). The van der Waals surface area contributed by atoms with Gasteiger partial charge in [0.15, 0.2) is 0 Å². The maximum Gasteiger partial charge on any atom is 0.426 e. The number of hydrogen-bond donors (Lipinski definition) is 4. The molecule has 0 aliphatic rings. The van der Waals surface area contributed by atoms with Gasteiger partial charge < -0.3 is 10.1 Å². The number of anilines is 1. The largest absolute Gasteiger partial charge is 0.443 e. The molecule has 0 saturated carbocycles. The highest BCUT2D eigenvalue weighted by Gasteiger charge is 2.19. The van der Waals surface area contributed by atoms with Crippen molar-refractivity contribution in [2.45, 2.75) is 52.6 Å². The summed E-state index contributed by atoms with van der Waals surface area (Å²) in [6.45, 7) is 7.77. The van der Waals surface area contributed by atoms with E-state index in [9.17, 15) is 22.8 Å². The summed E-state index contributed by atoms with van der Waals surface area (Å²) < 4.78 is 31.1. The number of aromatic nitrogens is 2. The van der Waals surface area contributed by atoms with Crippen molar-refractivity contribution >= 4 is 56.3 Å². The number of carbonyl (C=O) groups is 3. The minimum absolute atomic E-state index is 0.0165. The van der Waals surface area contributed by atoms with Gasteiger partial charge in [-0.3, -0.25) is 19.7 Å². The number of ether oxygens (including phenoxy) is 1. The zero-order valence-corrected chi connectivity index (χ0v) is 29.3. The first-order valence-corrected chi connectivity index (χ1v) is 17.7. The zero-order valence-electron chi connectivity index (χ0n) is 27.7. The molecule has 4 N–H and O–H groups in total. The molecule has 2 aromatic carbocycles. The number of unbranched alkanes of at least 4 members (excludes halogenated alkanes) is 2. The van der Waals surface area contributed by atoms with Crippen molar-refractivity contribution in [2.75, 3.05) is 17.5 Å². The van der Waals surface area contributed by atoms with Crippen LogP contribution in [0, 0.1) is 11.8 Å². The number of fused-ring (bicyclic) bond motifs is 1.